The standard InChI is InChI=1S/C15H14FN.C15H20.C10H15N.C2H6/c1-4-12-14(16)6-5-10-7-11(17)8-13(9(2)3)15(10)12;1-4-12-7-5-8-13-9-6-10-14(11(2)3)15(12)13;1-8(2)7-9-5-3-4-6-10(9)11;1-2/h1,5-9H,17H2,2-3H3;6,8-11H,4-5,7H2,1-3H3;3-6,8H,7,11H2,1-2H3;1-2H3. The van der Waals surface area contributed by atoms with Crippen LogP contribution in [-0.4, -0.2) is 0 Å². The molecule has 240 valence electrons. The van der Waals surface area contributed by atoms with Crippen LogP contribution in [0.5, 0.6) is 0 Å². The second-order valence-electron chi connectivity index (χ2n) is 12.4. The summed E-state index contributed by atoms with van der Waals surface area (Å²) >= 11 is 0. The number of fused-ring (bicyclic) bond motifs is 2. The molecular formula is C42H55FN2. The Morgan fingerprint density at radius 1 is 0.844 bits per heavy atom. The summed E-state index contributed by atoms with van der Waals surface area (Å²) in [4.78, 5) is 0. The highest BCUT2D eigenvalue weighted by Gasteiger charge is 2.13. The van der Waals surface area contributed by atoms with Gasteiger partial charge in [0.1, 0.15) is 5.82 Å². The van der Waals surface area contributed by atoms with Crippen molar-refractivity contribution in [2.24, 2.45) is 5.92 Å². The Balaban J connectivity index is 0.000000234. The molecule has 0 aliphatic heterocycles. The maximum atomic E-state index is 13.7. The van der Waals surface area contributed by atoms with Gasteiger partial charge in [-0.25, -0.2) is 4.39 Å². The second-order valence-corrected chi connectivity index (χ2v) is 12.4. The van der Waals surface area contributed by atoms with E-state index in [2.05, 4.69) is 70.9 Å². The number of rotatable bonds is 5. The predicted molar refractivity (Wildman–Crippen MR) is 198 cm³/mol. The van der Waals surface area contributed by atoms with Gasteiger partial charge in [0, 0.05) is 16.8 Å². The third-order valence-corrected chi connectivity index (χ3v) is 7.91. The summed E-state index contributed by atoms with van der Waals surface area (Å²) in [5, 5.41) is 4.71. The Labute approximate surface area is 272 Å². The first-order chi connectivity index (χ1) is 21.5. The van der Waals surface area contributed by atoms with E-state index in [0.29, 0.717) is 23.1 Å². The number of anilines is 2. The fourth-order valence-corrected chi connectivity index (χ4v) is 5.78. The van der Waals surface area contributed by atoms with E-state index in [0.717, 1.165) is 28.4 Å². The lowest BCUT2D eigenvalue weighted by Gasteiger charge is -2.15. The van der Waals surface area contributed by atoms with Crippen LogP contribution < -0.4 is 21.9 Å². The molecule has 3 heteroatoms. The van der Waals surface area contributed by atoms with Crippen LogP contribution in [0.15, 0.2) is 66.7 Å². The lowest BCUT2D eigenvalue weighted by atomic mass is 9.90. The highest BCUT2D eigenvalue weighted by molar-refractivity contribution is 5.94. The fraction of sp³-hybridized carbons (Fsp3) is 0.381. The third kappa shape index (κ3) is 9.98. The maximum Gasteiger partial charge on any atom is 0.139 e. The zero-order chi connectivity index (χ0) is 33.7. The molecule has 45 heavy (non-hydrogen) atoms. The van der Waals surface area contributed by atoms with Gasteiger partial charge in [-0.3, -0.25) is 0 Å². The van der Waals surface area contributed by atoms with E-state index in [1.165, 1.54) is 41.7 Å². The van der Waals surface area contributed by atoms with E-state index < -0.39 is 0 Å². The highest BCUT2D eigenvalue weighted by atomic mass is 19.1. The normalized spacial score (nSPS) is 11.8. The molecule has 4 aromatic carbocycles. The zero-order valence-electron chi connectivity index (χ0n) is 29.1. The van der Waals surface area contributed by atoms with E-state index in [9.17, 15) is 4.39 Å². The van der Waals surface area contributed by atoms with E-state index >= 15 is 0 Å². The first kappa shape index (κ1) is 37.2. The summed E-state index contributed by atoms with van der Waals surface area (Å²) in [6.07, 6.45) is 12.5. The van der Waals surface area contributed by atoms with Crippen molar-refractivity contribution in [2.45, 2.75) is 99.8 Å². The minimum absolute atomic E-state index is 0.245. The van der Waals surface area contributed by atoms with Gasteiger partial charge in [0.25, 0.3) is 0 Å². The lowest BCUT2D eigenvalue weighted by Crippen LogP contribution is -2.33. The van der Waals surface area contributed by atoms with Crippen molar-refractivity contribution < 1.29 is 4.39 Å². The fourth-order valence-electron chi connectivity index (χ4n) is 5.78. The Bertz CT molecular complexity index is 1700. The zero-order valence-corrected chi connectivity index (χ0v) is 29.1. The number of para-hydroxylation sites is 1. The van der Waals surface area contributed by atoms with Gasteiger partial charge in [-0.15, -0.1) is 6.42 Å². The smallest absolute Gasteiger partial charge is 0.139 e. The van der Waals surface area contributed by atoms with E-state index in [1.54, 1.807) is 16.9 Å². The van der Waals surface area contributed by atoms with Crippen molar-refractivity contribution in [3.8, 4) is 12.3 Å². The van der Waals surface area contributed by atoms with Crippen LogP contribution in [0.4, 0.5) is 15.8 Å². The Hall–Kier alpha value is -4.03. The number of terminal acetylenes is 1. The first-order valence-corrected chi connectivity index (χ1v) is 16.6. The molecule has 0 saturated carbocycles. The molecule has 5 rings (SSSR count). The number of halogens is 1. The predicted octanol–water partition coefficient (Wildman–Crippen LogP) is 10.1. The number of nitrogen functional groups attached to an aromatic ring is 2. The van der Waals surface area contributed by atoms with Crippen molar-refractivity contribution in [3.63, 3.8) is 0 Å². The van der Waals surface area contributed by atoms with Crippen LogP contribution in [0.2, 0.25) is 0 Å². The Morgan fingerprint density at radius 3 is 2.09 bits per heavy atom. The van der Waals surface area contributed by atoms with Crippen LogP contribution in [0.25, 0.3) is 22.4 Å². The molecule has 0 aromatic heterocycles. The highest BCUT2D eigenvalue weighted by Crippen LogP contribution is 2.32. The summed E-state index contributed by atoms with van der Waals surface area (Å²) in [5.41, 5.74) is 19.0. The summed E-state index contributed by atoms with van der Waals surface area (Å²) < 4.78 is 13.7. The molecule has 0 unspecified atom stereocenters. The summed E-state index contributed by atoms with van der Waals surface area (Å²) in [7, 11) is 0. The van der Waals surface area contributed by atoms with Crippen LogP contribution in [-0.2, 0) is 6.42 Å². The molecule has 0 amide bonds. The molecule has 0 heterocycles. The van der Waals surface area contributed by atoms with Crippen LogP contribution in [0, 0.1) is 24.1 Å². The summed E-state index contributed by atoms with van der Waals surface area (Å²) in [6.45, 7) is 19.3. The van der Waals surface area contributed by atoms with Gasteiger partial charge in [0.15, 0.2) is 0 Å². The molecule has 4 N–H and O–H groups in total. The van der Waals surface area contributed by atoms with Crippen molar-refractivity contribution in [3.05, 3.63) is 105 Å². The lowest BCUT2D eigenvalue weighted by molar-refractivity contribution is 0.626. The summed E-state index contributed by atoms with van der Waals surface area (Å²) in [5.74, 6) is 3.64. The number of hydrogen-bond acceptors (Lipinski definition) is 2. The van der Waals surface area contributed by atoms with Gasteiger partial charge in [0.05, 0.1) is 5.56 Å². The SMILES string of the molecule is C#Cc1c(F)ccc2cc(N)cc(C(C)C)c12.CC.CC(C)Cc1ccccc1N.CCC1=c2c(C(C)C)cccc2=CCC1. The van der Waals surface area contributed by atoms with Gasteiger partial charge >= 0.3 is 0 Å². The van der Waals surface area contributed by atoms with Gasteiger partial charge in [-0.2, -0.15) is 0 Å². The number of nitrogens with two attached hydrogens (primary N) is 2. The molecule has 1 aliphatic carbocycles. The topological polar surface area (TPSA) is 52.0 Å². The number of hydrogen-bond donors (Lipinski definition) is 2. The molecule has 4 aromatic rings. The van der Waals surface area contributed by atoms with E-state index in [4.69, 9.17) is 17.9 Å². The maximum absolute atomic E-state index is 13.7. The van der Waals surface area contributed by atoms with Crippen LogP contribution in [0.3, 0.4) is 0 Å². The molecule has 0 saturated heterocycles. The Morgan fingerprint density at radius 2 is 1.51 bits per heavy atom. The van der Waals surface area contributed by atoms with Gasteiger partial charge in [-0.05, 0) is 100 Å². The average Bonchev–Trinajstić information content (AvgIpc) is 3.02. The minimum atomic E-state index is -0.355. The van der Waals surface area contributed by atoms with Crippen molar-refractivity contribution >= 4 is 33.8 Å². The van der Waals surface area contributed by atoms with E-state index in [1.807, 2.05) is 58.0 Å². The summed E-state index contributed by atoms with van der Waals surface area (Å²) in [6, 6.07) is 21.6. The molecule has 0 bridgehead atoms. The minimum Gasteiger partial charge on any atom is -0.399 e. The van der Waals surface area contributed by atoms with Crippen molar-refractivity contribution in [2.75, 3.05) is 11.5 Å². The van der Waals surface area contributed by atoms with Gasteiger partial charge in [0.2, 0.25) is 0 Å². The Kier molecular flexibility index (Phi) is 14.9. The quantitative estimate of drug-likeness (QED) is 0.175. The largest absolute Gasteiger partial charge is 0.399 e. The molecule has 0 fully saturated rings. The van der Waals surface area contributed by atoms with Crippen LogP contribution >= 0.6 is 0 Å². The van der Waals surface area contributed by atoms with Gasteiger partial charge in [-0.1, -0.05) is 122 Å². The van der Waals surface area contributed by atoms with Crippen molar-refractivity contribution in [1.29, 1.82) is 0 Å². The monoisotopic (exact) mass is 606 g/mol. The molecule has 1 aliphatic rings. The third-order valence-electron chi connectivity index (χ3n) is 7.91. The average molecular weight is 607 g/mol. The second kappa shape index (κ2) is 18.1. The molecular weight excluding hydrogens is 551 g/mol. The van der Waals surface area contributed by atoms with Gasteiger partial charge < -0.3 is 11.5 Å². The van der Waals surface area contributed by atoms with Crippen LogP contribution in [0.1, 0.15) is 116 Å². The van der Waals surface area contributed by atoms with E-state index in [-0.39, 0.29) is 11.7 Å². The number of benzene rings is 4. The first-order valence-electron chi connectivity index (χ1n) is 16.6. The molecule has 2 nitrogen and oxygen atoms in total. The molecule has 0 radical (unpaired) electrons. The van der Waals surface area contributed by atoms with Crippen molar-refractivity contribution in [1.82, 2.24) is 0 Å². The molecule has 0 atom stereocenters. The molecule has 0 spiro atoms.